The predicted molar refractivity (Wildman–Crippen MR) is 138 cm³/mol. The van der Waals surface area contributed by atoms with Crippen LogP contribution in [0.5, 0.6) is 11.5 Å². The number of aromatic hydroxyl groups is 1. The minimum atomic E-state index is -1.57. The average Bonchev–Trinajstić information content (AvgIpc) is 2.86. The standard InChI is InChI=1S/C24H25N3O5S.C2H6/c1-18-2-9-23(10-3-18)33(31)32-22-7-4-20(5-8-22)26-14-12-25(13-15-26)17-19-16-21(28)6-11-24(19)27(29)30;1-2/h2-11,16,28H,12-15,17H2,1H3;1-2H3. The molecule has 186 valence electrons. The zero-order valence-corrected chi connectivity index (χ0v) is 21.0. The highest BCUT2D eigenvalue weighted by Gasteiger charge is 2.21. The third-order valence-electron chi connectivity index (χ3n) is 5.61. The van der Waals surface area contributed by atoms with Gasteiger partial charge >= 0.3 is 0 Å². The van der Waals surface area contributed by atoms with Crippen molar-refractivity contribution >= 4 is 22.5 Å². The molecule has 35 heavy (non-hydrogen) atoms. The van der Waals surface area contributed by atoms with Gasteiger partial charge in [-0.05, 0) is 55.5 Å². The number of nitro groups is 1. The molecule has 0 aromatic heterocycles. The molecule has 0 saturated carbocycles. The minimum absolute atomic E-state index is 0.0221. The van der Waals surface area contributed by atoms with E-state index in [0.29, 0.717) is 22.8 Å². The Morgan fingerprint density at radius 3 is 2.20 bits per heavy atom. The van der Waals surface area contributed by atoms with Crippen LogP contribution >= 0.6 is 0 Å². The van der Waals surface area contributed by atoms with Gasteiger partial charge in [-0.25, -0.2) is 4.21 Å². The lowest BCUT2D eigenvalue weighted by Gasteiger charge is -2.36. The summed E-state index contributed by atoms with van der Waals surface area (Å²) < 4.78 is 18.0. The molecule has 9 heteroatoms. The first-order valence-electron chi connectivity index (χ1n) is 11.6. The predicted octanol–water partition coefficient (Wildman–Crippen LogP) is 5.06. The third-order valence-corrected chi connectivity index (χ3v) is 6.61. The summed E-state index contributed by atoms with van der Waals surface area (Å²) in [7, 11) is 0. The van der Waals surface area contributed by atoms with Gasteiger partial charge in [-0.1, -0.05) is 31.5 Å². The summed E-state index contributed by atoms with van der Waals surface area (Å²) in [6.07, 6.45) is 0. The lowest BCUT2D eigenvalue weighted by atomic mass is 10.1. The summed E-state index contributed by atoms with van der Waals surface area (Å²) >= 11 is -1.57. The van der Waals surface area contributed by atoms with Gasteiger partial charge < -0.3 is 14.2 Å². The molecule has 1 unspecified atom stereocenters. The van der Waals surface area contributed by atoms with E-state index in [4.69, 9.17) is 4.18 Å². The van der Waals surface area contributed by atoms with Gasteiger partial charge in [-0.2, -0.15) is 0 Å². The van der Waals surface area contributed by atoms with Gasteiger partial charge in [0.15, 0.2) is 0 Å². The fourth-order valence-electron chi connectivity index (χ4n) is 3.78. The second-order valence-corrected chi connectivity index (χ2v) is 9.07. The number of benzene rings is 3. The molecule has 4 rings (SSSR count). The van der Waals surface area contributed by atoms with Crippen LogP contribution in [0.1, 0.15) is 25.0 Å². The highest BCUT2D eigenvalue weighted by atomic mass is 32.2. The molecule has 1 saturated heterocycles. The maximum atomic E-state index is 12.4. The molecule has 3 aromatic rings. The van der Waals surface area contributed by atoms with Crippen molar-refractivity contribution in [3.63, 3.8) is 0 Å². The van der Waals surface area contributed by atoms with E-state index in [2.05, 4.69) is 9.80 Å². The Morgan fingerprint density at radius 1 is 0.971 bits per heavy atom. The Balaban J connectivity index is 0.00000167. The molecule has 0 radical (unpaired) electrons. The Bertz CT molecular complexity index is 1140. The van der Waals surface area contributed by atoms with Crippen LogP contribution in [-0.2, 0) is 17.6 Å². The van der Waals surface area contributed by atoms with Crippen molar-refractivity contribution in [2.24, 2.45) is 0 Å². The molecular weight excluding hydrogens is 466 g/mol. The highest BCUT2D eigenvalue weighted by molar-refractivity contribution is 7.80. The topological polar surface area (TPSA) is 96.2 Å². The van der Waals surface area contributed by atoms with E-state index in [1.54, 1.807) is 12.1 Å². The maximum absolute atomic E-state index is 12.4. The van der Waals surface area contributed by atoms with Crippen molar-refractivity contribution in [2.75, 3.05) is 31.1 Å². The molecule has 0 bridgehead atoms. The molecule has 1 aliphatic heterocycles. The SMILES string of the molecule is CC.Cc1ccc(S(=O)Oc2ccc(N3CCN(Cc4cc(O)ccc4[N+](=O)[O-])CC3)cc2)cc1. The second-order valence-electron chi connectivity index (χ2n) is 7.96. The minimum Gasteiger partial charge on any atom is -0.508 e. The number of piperazine rings is 1. The largest absolute Gasteiger partial charge is 0.508 e. The van der Waals surface area contributed by atoms with E-state index in [1.165, 1.54) is 18.2 Å². The number of nitro benzene ring substituents is 1. The number of phenolic OH excluding ortho intramolecular Hbond substituents is 1. The van der Waals surface area contributed by atoms with Crippen molar-refractivity contribution < 1.29 is 18.4 Å². The molecule has 0 aliphatic carbocycles. The van der Waals surface area contributed by atoms with Crippen molar-refractivity contribution in [1.82, 2.24) is 4.90 Å². The smallest absolute Gasteiger partial charge is 0.274 e. The van der Waals surface area contributed by atoms with E-state index < -0.39 is 16.0 Å². The number of hydrogen-bond acceptors (Lipinski definition) is 7. The van der Waals surface area contributed by atoms with E-state index in [0.717, 1.165) is 37.4 Å². The number of aryl methyl sites for hydroxylation is 1. The van der Waals surface area contributed by atoms with Gasteiger partial charge in [-0.15, -0.1) is 0 Å². The quantitative estimate of drug-likeness (QED) is 0.360. The van der Waals surface area contributed by atoms with Crippen molar-refractivity contribution in [2.45, 2.75) is 32.2 Å². The summed E-state index contributed by atoms with van der Waals surface area (Å²) in [5.74, 6) is 0.562. The molecule has 3 aromatic carbocycles. The normalized spacial score (nSPS) is 14.5. The molecule has 0 amide bonds. The molecule has 1 atom stereocenters. The zero-order valence-electron chi connectivity index (χ0n) is 20.2. The van der Waals surface area contributed by atoms with Crippen LogP contribution < -0.4 is 9.08 Å². The Hall–Kier alpha value is -3.43. The number of anilines is 1. The number of nitrogens with zero attached hydrogens (tertiary/aromatic N) is 3. The Kier molecular flexibility index (Phi) is 9.22. The van der Waals surface area contributed by atoms with Crippen LogP contribution in [0.15, 0.2) is 71.6 Å². The van der Waals surface area contributed by atoms with Gasteiger partial charge in [0.05, 0.1) is 9.82 Å². The van der Waals surface area contributed by atoms with Crippen molar-refractivity contribution in [3.05, 3.63) is 88.0 Å². The number of hydrogen-bond donors (Lipinski definition) is 1. The van der Waals surface area contributed by atoms with E-state index in [-0.39, 0.29) is 11.4 Å². The van der Waals surface area contributed by atoms with Crippen LogP contribution in [0, 0.1) is 17.0 Å². The van der Waals surface area contributed by atoms with Crippen LogP contribution in [-0.4, -0.2) is 45.3 Å². The number of rotatable bonds is 7. The summed E-state index contributed by atoms with van der Waals surface area (Å²) in [5, 5.41) is 21.0. The highest BCUT2D eigenvalue weighted by Crippen LogP contribution is 2.26. The molecule has 0 spiro atoms. The van der Waals surface area contributed by atoms with E-state index in [1.807, 2.05) is 57.2 Å². The van der Waals surface area contributed by atoms with E-state index in [9.17, 15) is 19.4 Å². The third kappa shape index (κ3) is 7.03. The van der Waals surface area contributed by atoms with Crippen LogP contribution in [0.25, 0.3) is 0 Å². The maximum Gasteiger partial charge on any atom is 0.274 e. The summed E-state index contributed by atoms with van der Waals surface area (Å²) in [4.78, 5) is 15.8. The van der Waals surface area contributed by atoms with Gasteiger partial charge in [0, 0.05) is 50.0 Å². The Morgan fingerprint density at radius 2 is 1.60 bits per heavy atom. The first kappa shape index (κ1) is 26.2. The second kappa shape index (κ2) is 12.3. The van der Waals surface area contributed by atoms with Gasteiger partial charge in [0.25, 0.3) is 5.69 Å². The molecule has 8 nitrogen and oxygen atoms in total. The van der Waals surface area contributed by atoms with Crippen molar-refractivity contribution in [3.8, 4) is 11.5 Å². The summed E-state index contributed by atoms with van der Waals surface area (Å²) in [5.41, 5.74) is 2.66. The van der Waals surface area contributed by atoms with E-state index >= 15 is 0 Å². The average molecular weight is 498 g/mol. The Labute approximate surface area is 208 Å². The van der Waals surface area contributed by atoms with Gasteiger partial charge in [-0.3, -0.25) is 15.0 Å². The monoisotopic (exact) mass is 497 g/mol. The van der Waals surface area contributed by atoms with Crippen molar-refractivity contribution in [1.29, 1.82) is 0 Å². The number of phenols is 1. The lowest BCUT2D eigenvalue weighted by Crippen LogP contribution is -2.46. The lowest BCUT2D eigenvalue weighted by molar-refractivity contribution is -0.385. The zero-order chi connectivity index (χ0) is 25.4. The molecule has 1 aliphatic rings. The van der Waals surface area contributed by atoms with Gasteiger partial charge in [0.2, 0.25) is 11.1 Å². The fourth-order valence-corrected chi connectivity index (χ4v) is 4.52. The summed E-state index contributed by atoms with van der Waals surface area (Å²) in [6.45, 7) is 9.40. The molecular formula is C26H31N3O5S. The molecule has 1 heterocycles. The molecule has 1 fully saturated rings. The van der Waals surface area contributed by atoms with Crippen LogP contribution in [0.2, 0.25) is 0 Å². The first-order chi connectivity index (χ1) is 16.9. The first-order valence-corrected chi connectivity index (χ1v) is 12.7. The van der Waals surface area contributed by atoms with Crippen LogP contribution in [0.4, 0.5) is 11.4 Å². The van der Waals surface area contributed by atoms with Gasteiger partial charge in [0.1, 0.15) is 11.5 Å². The summed E-state index contributed by atoms with van der Waals surface area (Å²) in [6, 6.07) is 19.0. The fraction of sp³-hybridized carbons (Fsp3) is 0.308. The van der Waals surface area contributed by atoms with Crippen LogP contribution in [0.3, 0.4) is 0 Å². The molecule has 1 N–H and O–H groups in total.